The van der Waals surface area contributed by atoms with Gasteiger partial charge in [-0.15, -0.1) is 11.3 Å². The zero-order chi connectivity index (χ0) is 27.6. The normalized spacial score (nSPS) is 17.1. The number of hydrogen-bond acceptors (Lipinski definition) is 7. The molecule has 40 heavy (non-hydrogen) atoms. The second-order valence-corrected chi connectivity index (χ2v) is 10.9. The topological polar surface area (TPSA) is 122 Å². The van der Waals surface area contributed by atoms with Crippen molar-refractivity contribution in [1.29, 1.82) is 0 Å². The van der Waals surface area contributed by atoms with Gasteiger partial charge in [0.25, 0.3) is 5.91 Å². The summed E-state index contributed by atoms with van der Waals surface area (Å²) in [5.41, 5.74) is 8.31. The number of carbonyl (C=O) groups is 1. The van der Waals surface area contributed by atoms with Crippen LogP contribution in [0.25, 0.3) is 33.5 Å². The van der Waals surface area contributed by atoms with E-state index in [0.29, 0.717) is 51.6 Å². The number of aromatic amines is 1. The molecule has 5 N–H and O–H groups in total. The van der Waals surface area contributed by atoms with Gasteiger partial charge in [-0.1, -0.05) is 36.8 Å². The van der Waals surface area contributed by atoms with Gasteiger partial charge in [0.05, 0.1) is 11.2 Å². The van der Waals surface area contributed by atoms with Gasteiger partial charge in [0, 0.05) is 52.8 Å². The highest BCUT2D eigenvalue weighted by Crippen LogP contribution is 2.33. The fourth-order valence-electron chi connectivity index (χ4n) is 5.27. The third-order valence-corrected chi connectivity index (χ3v) is 7.86. The Hall–Kier alpha value is -4.38. The van der Waals surface area contributed by atoms with E-state index in [4.69, 9.17) is 15.7 Å². The van der Waals surface area contributed by atoms with Crippen LogP contribution in [0.4, 0.5) is 19.7 Å². The number of nitrogens with zero attached hydrogens (tertiary/aromatic N) is 3. The molecule has 0 aliphatic heterocycles. The van der Waals surface area contributed by atoms with Gasteiger partial charge in [0.15, 0.2) is 11.0 Å². The van der Waals surface area contributed by atoms with Crippen LogP contribution in [-0.2, 0) is 0 Å². The van der Waals surface area contributed by atoms with Crippen molar-refractivity contribution in [3.8, 4) is 22.6 Å². The van der Waals surface area contributed by atoms with E-state index in [1.165, 1.54) is 17.4 Å². The van der Waals surface area contributed by atoms with Crippen molar-refractivity contribution in [2.75, 3.05) is 17.6 Å². The molecule has 0 bridgehead atoms. The molecule has 1 saturated carbocycles. The molecule has 5 aromatic rings. The predicted octanol–water partition coefficient (Wildman–Crippen LogP) is 6.01. The Morgan fingerprint density at radius 2 is 1.95 bits per heavy atom. The number of benzene rings is 2. The highest BCUT2D eigenvalue weighted by atomic mass is 32.1. The summed E-state index contributed by atoms with van der Waals surface area (Å²) < 4.78 is 28.5. The lowest BCUT2D eigenvalue weighted by atomic mass is 9.85. The Kier molecular flexibility index (Phi) is 7.12. The van der Waals surface area contributed by atoms with Crippen molar-refractivity contribution in [3.63, 3.8) is 0 Å². The third kappa shape index (κ3) is 5.50. The summed E-state index contributed by atoms with van der Waals surface area (Å²) >= 11 is 1.24. The number of H-pyrrole nitrogens is 1. The van der Waals surface area contributed by atoms with Crippen LogP contribution in [0.5, 0.6) is 0 Å². The van der Waals surface area contributed by atoms with Crippen LogP contribution in [0.1, 0.15) is 36.2 Å². The Morgan fingerprint density at radius 1 is 1.10 bits per heavy atom. The van der Waals surface area contributed by atoms with Crippen LogP contribution in [0.15, 0.2) is 60.1 Å². The van der Waals surface area contributed by atoms with Crippen LogP contribution >= 0.6 is 11.3 Å². The molecular weight excluding hydrogens is 532 g/mol. The third-order valence-electron chi connectivity index (χ3n) is 7.18. The van der Waals surface area contributed by atoms with Gasteiger partial charge in [0.1, 0.15) is 23.1 Å². The van der Waals surface area contributed by atoms with E-state index in [0.717, 1.165) is 37.3 Å². The molecule has 8 nitrogen and oxygen atoms in total. The Bertz CT molecular complexity index is 1670. The maximum Gasteiger partial charge on any atom is 0.270 e. The number of thiazole rings is 1. The molecule has 11 heteroatoms. The summed E-state index contributed by atoms with van der Waals surface area (Å²) in [6, 6.07) is 13.9. The first-order valence-electron chi connectivity index (χ1n) is 13.1. The van der Waals surface area contributed by atoms with Crippen molar-refractivity contribution in [2.45, 2.75) is 31.7 Å². The van der Waals surface area contributed by atoms with E-state index in [2.05, 4.69) is 20.6 Å². The first-order chi connectivity index (χ1) is 19.4. The summed E-state index contributed by atoms with van der Waals surface area (Å²) in [5.74, 6) is -0.271. The number of nitrogens with two attached hydrogens (primary N) is 1. The van der Waals surface area contributed by atoms with Gasteiger partial charge in [-0.3, -0.25) is 4.79 Å². The fourth-order valence-corrected chi connectivity index (χ4v) is 5.82. The number of anilines is 2. The molecule has 0 radical (unpaired) electrons. The SMILES string of the molecule is Nc1nc(C(=O)NCC2CCC[C@H](Nc3cc(-c4ccccc4)nc(-c4c[nH]c5c(F)cc(F)cc45)n3)C2)cs1. The summed E-state index contributed by atoms with van der Waals surface area (Å²) in [6.45, 7) is 0.547. The molecule has 3 heterocycles. The Balaban J connectivity index is 1.25. The molecule has 0 spiro atoms. The van der Waals surface area contributed by atoms with Gasteiger partial charge in [0.2, 0.25) is 0 Å². The maximum atomic E-state index is 14.4. The molecule has 0 saturated heterocycles. The quantitative estimate of drug-likeness (QED) is 0.194. The zero-order valence-corrected chi connectivity index (χ0v) is 22.3. The zero-order valence-electron chi connectivity index (χ0n) is 21.5. The van der Waals surface area contributed by atoms with Crippen molar-refractivity contribution < 1.29 is 13.6 Å². The molecule has 204 valence electrons. The smallest absolute Gasteiger partial charge is 0.270 e. The van der Waals surface area contributed by atoms with Crippen molar-refractivity contribution in [2.24, 2.45) is 5.92 Å². The van der Waals surface area contributed by atoms with Gasteiger partial charge >= 0.3 is 0 Å². The second kappa shape index (κ2) is 11.0. The minimum atomic E-state index is -0.669. The van der Waals surface area contributed by atoms with Crippen molar-refractivity contribution >= 4 is 39.1 Å². The second-order valence-electron chi connectivity index (χ2n) is 10.00. The number of halogens is 2. The molecule has 1 fully saturated rings. The Morgan fingerprint density at radius 3 is 2.75 bits per heavy atom. The summed E-state index contributed by atoms with van der Waals surface area (Å²) in [4.78, 5) is 28.9. The number of nitrogens with one attached hydrogen (secondary N) is 3. The Labute approximate surface area is 233 Å². The molecule has 2 aromatic carbocycles. The van der Waals surface area contributed by atoms with Crippen LogP contribution in [0.3, 0.4) is 0 Å². The maximum absolute atomic E-state index is 14.4. The van der Waals surface area contributed by atoms with E-state index >= 15 is 0 Å². The summed E-state index contributed by atoms with van der Waals surface area (Å²) in [5, 5.41) is 8.95. The first kappa shape index (κ1) is 25.9. The van der Waals surface area contributed by atoms with Gasteiger partial charge in [-0.25, -0.2) is 23.7 Å². The standard InChI is InChI=1S/C29H27F2N7OS/c30-18-10-20-21(14-33-26(20)22(31)11-18)27-36-23(17-6-2-1-3-7-17)12-25(38-27)35-19-8-4-5-16(9-19)13-34-28(39)24-15-40-29(32)37-24/h1-3,6-7,10-12,14-16,19,33H,4-5,8-9,13H2,(H2,32,37)(H,34,39)(H,35,36,38)/t16?,19-/m0/s1. The lowest BCUT2D eigenvalue weighted by Crippen LogP contribution is -2.35. The monoisotopic (exact) mass is 559 g/mol. The molecular formula is C29H27F2N7OS. The van der Waals surface area contributed by atoms with Crippen LogP contribution in [-0.4, -0.2) is 38.4 Å². The average molecular weight is 560 g/mol. The first-order valence-corrected chi connectivity index (χ1v) is 14.0. The number of carbonyl (C=O) groups excluding carboxylic acids is 1. The van der Waals surface area contributed by atoms with E-state index in [1.807, 2.05) is 36.4 Å². The molecule has 1 amide bonds. The number of amides is 1. The van der Waals surface area contributed by atoms with Crippen molar-refractivity contribution in [1.82, 2.24) is 25.3 Å². The van der Waals surface area contributed by atoms with Crippen LogP contribution in [0.2, 0.25) is 0 Å². The van der Waals surface area contributed by atoms with E-state index < -0.39 is 11.6 Å². The van der Waals surface area contributed by atoms with E-state index in [-0.39, 0.29) is 17.5 Å². The van der Waals surface area contributed by atoms with Gasteiger partial charge in [-0.2, -0.15) is 0 Å². The number of nitrogen functional groups attached to an aromatic ring is 1. The largest absolute Gasteiger partial charge is 0.375 e. The molecule has 6 rings (SSSR count). The highest BCUT2D eigenvalue weighted by Gasteiger charge is 2.24. The van der Waals surface area contributed by atoms with Crippen LogP contribution in [0, 0.1) is 17.6 Å². The van der Waals surface area contributed by atoms with E-state index in [9.17, 15) is 13.6 Å². The minimum absolute atomic E-state index is 0.134. The lowest BCUT2D eigenvalue weighted by Gasteiger charge is -2.30. The van der Waals surface area contributed by atoms with Gasteiger partial charge in [-0.05, 0) is 31.2 Å². The summed E-state index contributed by atoms with van der Waals surface area (Å²) in [7, 11) is 0. The van der Waals surface area contributed by atoms with E-state index in [1.54, 1.807) is 11.6 Å². The van der Waals surface area contributed by atoms with Crippen molar-refractivity contribution in [3.05, 3.63) is 77.4 Å². The number of fused-ring (bicyclic) bond motifs is 1. The average Bonchev–Trinajstić information content (AvgIpc) is 3.59. The van der Waals surface area contributed by atoms with Gasteiger partial charge < -0.3 is 21.4 Å². The molecule has 2 atom stereocenters. The number of rotatable bonds is 7. The molecule has 3 aromatic heterocycles. The highest BCUT2D eigenvalue weighted by molar-refractivity contribution is 7.13. The minimum Gasteiger partial charge on any atom is -0.375 e. The summed E-state index contributed by atoms with van der Waals surface area (Å²) in [6.07, 6.45) is 5.43. The molecule has 1 aliphatic rings. The molecule has 1 aliphatic carbocycles. The number of hydrogen-bond donors (Lipinski definition) is 4. The van der Waals surface area contributed by atoms with Crippen LogP contribution < -0.4 is 16.4 Å². The molecule has 1 unspecified atom stereocenters. The lowest BCUT2D eigenvalue weighted by molar-refractivity contribution is 0.0938. The number of aromatic nitrogens is 4. The fraction of sp³-hybridized carbons (Fsp3) is 0.241. The predicted molar refractivity (Wildman–Crippen MR) is 153 cm³/mol.